The van der Waals surface area contributed by atoms with Gasteiger partial charge in [0.2, 0.25) is 5.88 Å². The zero-order valence-corrected chi connectivity index (χ0v) is 18.2. The van der Waals surface area contributed by atoms with E-state index in [1.165, 1.54) is 0 Å². The summed E-state index contributed by atoms with van der Waals surface area (Å²) >= 11 is 0. The summed E-state index contributed by atoms with van der Waals surface area (Å²) in [5.41, 5.74) is 10.9. The lowest BCUT2D eigenvalue weighted by Gasteiger charge is -2.14. The maximum Gasteiger partial charge on any atom is 0.257 e. The van der Waals surface area contributed by atoms with Gasteiger partial charge >= 0.3 is 0 Å². The van der Waals surface area contributed by atoms with E-state index in [1.54, 1.807) is 25.6 Å². The van der Waals surface area contributed by atoms with Gasteiger partial charge in [0.05, 0.1) is 30.3 Å². The highest BCUT2D eigenvalue weighted by molar-refractivity contribution is 5.98. The molecule has 6 nitrogen and oxygen atoms in total. The van der Waals surface area contributed by atoms with Crippen LogP contribution in [0.1, 0.15) is 5.56 Å². The van der Waals surface area contributed by atoms with E-state index < -0.39 is 0 Å². The molecular weight excluding hydrogens is 412 g/mol. The number of hydrogen-bond acceptors (Lipinski definition) is 4. The minimum atomic E-state index is -0.182. The average molecular weight is 436 g/mol. The van der Waals surface area contributed by atoms with Crippen LogP contribution in [0.15, 0.2) is 90.0 Å². The fourth-order valence-electron chi connectivity index (χ4n) is 3.94. The normalized spacial score (nSPS) is 11.0. The number of ether oxygens (including phenoxy) is 1. The fourth-order valence-corrected chi connectivity index (χ4v) is 3.94. The van der Waals surface area contributed by atoms with E-state index in [1.807, 2.05) is 42.5 Å². The van der Waals surface area contributed by atoms with Gasteiger partial charge in [-0.05, 0) is 17.7 Å². The Kier molecular flexibility index (Phi) is 5.42. The van der Waals surface area contributed by atoms with Crippen molar-refractivity contribution in [3.63, 3.8) is 0 Å². The predicted octanol–water partition coefficient (Wildman–Crippen LogP) is 4.07. The van der Waals surface area contributed by atoms with Gasteiger partial charge in [-0.1, -0.05) is 54.6 Å². The summed E-state index contributed by atoms with van der Waals surface area (Å²) in [4.78, 5) is 25.1. The quantitative estimate of drug-likeness (QED) is 0.435. The number of nitrogens with one attached hydrogen (secondary N) is 1. The van der Waals surface area contributed by atoms with Crippen molar-refractivity contribution in [1.29, 1.82) is 0 Å². The number of hydrogen-bond donors (Lipinski definition) is 2. The number of quaternary nitrogens is 1. The van der Waals surface area contributed by atoms with Gasteiger partial charge in [-0.15, -0.1) is 0 Å². The Hall–Kier alpha value is -4.29. The van der Waals surface area contributed by atoms with Crippen LogP contribution in [0.3, 0.4) is 0 Å². The molecule has 0 amide bonds. The van der Waals surface area contributed by atoms with Crippen molar-refractivity contribution in [3.05, 3.63) is 101 Å². The van der Waals surface area contributed by atoms with Gasteiger partial charge in [0.1, 0.15) is 0 Å². The van der Waals surface area contributed by atoms with Crippen molar-refractivity contribution in [3.8, 4) is 39.4 Å². The van der Waals surface area contributed by atoms with Crippen LogP contribution in [-0.2, 0) is 6.54 Å². The van der Waals surface area contributed by atoms with Gasteiger partial charge in [-0.3, -0.25) is 4.79 Å². The summed E-state index contributed by atoms with van der Waals surface area (Å²) in [7, 11) is 1.58. The Morgan fingerprint density at radius 1 is 0.909 bits per heavy atom. The molecule has 0 atom stereocenters. The number of fused-ring (bicyclic) bond motifs is 1. The first kappa shape index (κ1) is 20.6. The third-order valence-corrected chi connectivity index (χ3v) is 5.73. The van der Waals surface area contributed by atoms with Crippen LogP contribution in [0.4, 0.5) is 0 Å². The van der Waals surface area contributed by atoms with Gasteiger partial charge in [0.15, 0.2) is 0 Å². The first-order valence-electron chi connectivity index (χ1n) is 10.7. The third-order valence-electron chi connectivity index (χ3n) is 5.73. The molecule has 162 valence electrons. The zero-order valence-electron chi connectivity index (χ0n) is 18.2. The predicted molar refractivity (Wildman–Crippen MR) is 130 cm³/mol. The summed E-state index contributed by atoms with van der Waals surface area (Å²) in [6.07, 6.45) is 3.42. The molecule has 33 heavy (non-hydrogen) atoms. The van der Waals surface area contributed by atoms with E-state index in [9.17, 15) is 4.79 Å². The van der Waals surface area contributed by atoms with Gasteiger partial charge in [-0.25, -0.2) is 9.97 Å². The zero-order chi connectivity index (χ0) is 22.8. The van der Waals surface area contributed by atoms with Gasteiger partial charge in [0.25, 0.3) is 5.56 Å². The average Bonchev–Trinajstić information content (AvgIpc) is 2.89. The number of rotatable bonds is 5. The molecule has 0 saturated heterocycles. The topological polar surface area (TPSA) is 95.5 Å². The maximum atomic E-state index is 12.8. The highest BCUT2D eigenvalue weighted by Gasteiger charge is 2.16. The van der Waals surface area contributed by atoms with Crippen LogP contribution < -0.4 is 16.0 Å². The summed E-state index contributed by atoms with van der Waals surface area (Å²) in [5, 5.41) is 0.528. The lowest BCUT2D eigenvalue weighted by molar-refractivity contribution is -0.386. The monoisotopic (exact) mass is 435 g/mol. The number of nitrogens with zero attached hydrogens (tertiary/aromatic N) is 2. The maximum absolute atomic E-state index is 12.8. The standard InChI is InChI=1S/C27H22N4O2/c1-33-24-12-11-20(15-29-24)23-16-30-27(32)22-13-21(18-5-3-2-4-6-18)25(31-26(22)23)19-9-7-17(14-28)8-10-19/h2-13,15-16H,14,28H2,1H3,(H,30,32)/p+1. The smallest absolute Gasteiger partial charge is 0.257 e. The number of pyridine rings is 3. The van der Waals surface area contributed by atoms with Crippen LogP contribution in [0.25, 0.3) is 44.4 Å². The molecule has 0 saturated carbocycles. The molecule has 0 fully saturated rings. The number of aromatic nitrogens is 3. The van der Waals surface area contributed by atoms with E-state index >= 15 is 0 Å². The molecule has 5 aromatic rings. The van der Waals surface area contributed by atoms with E-state index in [4.69, 9.17) is 9.72 Å². The lowest BCUT2D eigenvalue weighted by Crippen LogP contribution is -2.47. The van der Waals surface area contributed by atoms with Crippen LogP contribution >= 0.6 is 0 Å². The molecule has 6 heteroatoms. The molecule has 0 radical (unpaired) electrons. The summed E-state index contributed by atoms with van der Waals surface area (Å²) in [6.45, 7) is 0.723. The minimum Gasteiger partial charge on any atom is -0.481 e. The summed E-state index contributed by atoms with van der Waals surface area (Å²) < 4.78 is 5.18. The van der Waals surface area contributed by atoms with Gasteiger partial charge in [0, 0.05) is 46.3 Å². The first-order chi connectivity index (χ1) is 16.2. The lowest BCUT2D eigenvalue weighted by atomic mass is 9.96. The molecule has 0 aliphatic rings. The Morgan fingerprint density at radius 3 is 2.33 bits per heavy atom. The van der Waals surface area contributed by atoms with Crippen LogP contribution in [-0.4, -0.2) is 22.1 Å². The highest BCUT2D eigenvalue weighted by atomic mass is 16.5. The Balaban J connectivity index is 1.80. The van der Waals surface area contributed by atoms with Crippen molar-refractivity contribution in [2.24, 2.45) is 0 Å². The van der Waals surface area contributed by atoms with E-state index in [2.05, 4.69) is 40.0 Å². The van der Waals surface area contributed by atoms with E-state index in [-0.39, 0.29) is 5.56 Å². The molecule has 4 N–H and O–H groups in total. The second-order valence-electron chi connectivity index (χ2n) is 7.71. The first-order valence-corrected chi connectivity index (χ1v) is 10.7. The van der Waals surface area contributed by atoms with E-state index in [0.717, 1.165) is 45.6 Å². The van der Waals surface area contributed by atoms with Crippen molar-refractivity contribution >= 4 is 10.9 Å². The highest BCUT2D eigenvalue weighted by Crippen LogP contribution is 2.35. The third kappa shape index (κ3) is 3.88. The second kappa shape index (κ2) is 8.68. The Morgan fingerprint density at radius 2 is 1.67 bits per heavy atom. The van der Waals surface area contributed by atoms with Crippen molar-refractivity contribution in [2.45, 2.75) is 6.54 Å². The molecule has 2 aromatic carbocycles. The van der Waals surface area contributed by atoms with Gasteiger partial charge < -0.3 is 15.5 Å². The molecule has 0 aliphatic heterocycles. The molecule has 5 rings (SSSR count). The molecule has 0 aliphatic carbocycles. The van der Waals surface area contributed by atoms with Gasteiger partial charge in [-0.2, -0.15) is 0 Å². The molecule has 0 spiro atoms. The number of H-pyrrole nitrogens is 1. The largest absolute Gasteiger partial charge is 0.481 e. The SMILES string of the molecule is COc1ccc(-c2c[nH]c(=O)c3cc(-c4ccccc4)c(-c4ccc(C[NH3+])cc4)nc23)cn1. The number of aromatic amines is 1. The molecule has 0 bridgehead atoms. The Bertz CT molecular complexity index is 1480. The van der Waals surface area contributed by atoms with Crippen LogP contribution in [0.2, 0.25) is 0 Å². The second-order valence-corrected chi connectivity index (χ2v) is 7.71. The van der Waals surface area contributed by atoms with Crippen molar-refractivity contribution in [1.82, 2.24) is 15.0 Å². The molecular formula is C27H23N4O2+. The number of benzene rings is 2. The van der Waals surface area contributed by atoms with Crippen molar-refractivity contribution < 1.29 is 10.5 Å². The van der Waals surface area contributed by atoms with Crippen molar-refractivity contribution in [2.75, 3.05) is 7.11 Å². The Labute approximate surface area is 190 Å². The molecule has 0 unspecified atom stereocenters. The molecule has 3 aromatic heterocycles. The van der Waals surface area contributed by atoms with Crippen LogP contribution in [0.5, 0.6) is 5.88 Å². The fraction of sp³-hybridized carbons (Fsp3) is 0.0741. The summed E-state index contributed by atoms with van der Waals surface area (Å²) in [6, 6.07) is 23.9. The minimum absolute atomic E-state index is 0.182. The summed E-state index contributed by atoms with van der Waals surface area (Å²) in [5.74, 6) is 0.526. The van der Waals surface area contributed by atoms with Crippen LogP contribution in [0, 0.1) is 0 Å². The van der Waals surface area contributed by atoms with E-state index in [0.29, 0.717) is 16.8 Å². The number of methoxy groups -OCH3 is 1. The molecule has 3 heterocycles.